The molecular formula is C13H16BrN3O2. The molecule has 0 saturated carbocycles. The van der Waals surface area contributed by atoms with Crippen LogP contribution in [0.3, 0.4) is 0 Å². The monoisotopic (exact) mass is 325 g/mol. The van der Waals surface area contributed by atoms with E-state index in [1.54, 1.807) is 7.11 Å². The summed E-state index contributed by atoms with van der Waals surface area (Å²) in [7, 11) is 1.62. The number of hydrogen-bond donors (Lipinski definition) is 1. The van der Waals surface area contributed by atoms with Crippen LogP contribution in [0.25, 0.3) is 11.4 Å². The van der Waals surface area contributed by atoms with Crippen molar-refractivity contribution < 1.29 is 9.26 Å². The smallest absolute Gasteiger partial charge is 0.228 e. The second-order valence-corrected chi connectivity index (χ2v) is 5.31. The summed E-state index contributed by atoms with van der Waals surface area (Å²) in [6, 6.07) is 5.80. The molecule has 0 aliphatic rings. The van der Waals surface area contributed by atoms with Gasteiger partial charge in [0, 0.05) is 29.6 Å². The Kier molecular flexibility index (Phi) is 4.68. The largest absolute Gasteiger partial charge is 0.383 e. The molecule has 0 amide bonds. The Balaban J connectivity index is 2.16. The van der Waals surface area contributed by atoms with Crippen LogP contribution < -0.4 is 5.73 Å². The van der Waals surface area contributed by atoms with Gasteiger partial charge < -0.3 is 15.0 Å². The van der Waals surface area contributed by atoms with E-state index >= 15 is 0 Å². The molecule has 102 valence electrons. The topological polar surface area (TPSA) is 74.2 Å². The van der Waals surface area contributed by atoms with Crippen LogP contribution in [0.4, 0.5) is 0 Å². The maximum Gasteiger partial charge on any atom is 0.228 e. The molecule has 1 unspecified atom stereocenters. The molecule has 1 heterocycles. The fourth-order valence-electron chi connectivity index (χ4n) is 1.82. The first kappa shape index (κ1) is 14.2. The van der Waals surface area contributed by atoms with E-state index in [-0.39, 0.29) is 6.04 Å². The number of rotatable bonds is 5. The third-order valence-corrected chi connectivity index (χ3v) is 3.21. The summed E-state index contributed by atoms with van der Waals surface area (Å²) in [5.74, 6) is 1.12. The zero-order valence-corrected chi connectivity index (χ0v) is 12.5. The van der Waals surface area contributed by atoms with E-state index in [9.17, 15) is 0 Å². The van der Waals surface area contributed by atoms with E-state index < -0.39 is 0 Å². The van der Waals surface area contributed by atoms with Gasteiger partial charge in [-0.1, -0.05) is 21.1 Å². The van der Waals surface area contributed by atoms with Gasteiger partial charge in [-0.25, -0.2) is 0 Å². The predicted molar refractivity (Wildman–Crippen MR) is 75.7 cm³/mol. The molecular weight excluding hydrogens is 310 g/mol. The molecule has 2 aromatic rings. The highest BCUT2D eigenvalue weighted by atomic mass is 79.9. The van der Waals surface area contributed by atoms with Gasteiger partial charge in [-0.2, -0.15) is 4.98 Å². The van der Waals surface area contributed by atoms with E-state index in [2.05, 4.69) is 26.1 Å². The molecule has 5 nitrogen and oxygen atoms in total. The van der Waals surface area contributed by atoms with Gasteiger partial charge in [-0.05, 0) is 30.7 Å². The summed E-state index contributed by atoms with van der Waals surface area (Å²) in [4.78, 5) is 4.36. The van der Waals surface area contributed by atoms with Gasteiger partial charge in [-0.15, -0.1) is 0 Å². The second kappa shape index (κ2) is 6.27. The van der Waals surface area contributed by atoms with Crippen LogP contribution in [0.15, 0.2) is 27.2 Å². The van der Waals surface area contributed by atoms with Crippen molar-refractivity contribution in [3.8, 4) is 11.4 Å². The molecule has 0 spiro atoms. The van der Waals surface area contributed by atoms with Gasteiger partial charge in [0.2, 0.25) is 11.7 Å². The minimum atomic E-state index is -0.135. The molecule has 1 aromatic carbocycles. The van der Waals surface area contributed by atoms with Crippen LogP contribution in [0.5, 0.6) is 0 Å². The molecule has 0 fully saturated rings. The Labute approximate surface area is 120 Å². The first-order chi connectivity index (χ1) is 9.10. The summed E-state index contributed by atoms with van der Waals surface area (Å²) in [6.07, 6.45) is 0.510. The molecule has 0 aliphatic carbocycles. The van der Waals surface area contributed by atoms with Crippen LogP contribution in [0.2, 0.25) is 0 Å². The van der Waals surface area contributed by atoms with Gasteiger partial charge in [0.05, 0.1) is 6.61 Å². The van der Waals surface area contributed by atoms with Crippen molar-refractivity contribution in [1.29, 1.82) is 0 Å². The highest BCUT2D eigenvalue weighted by Gasteiger charge is 2.13. The predicted octanol–water partition coefficient (Wildman–Crippen LogP) is 2.32. The van der Waals surface area contributed by atoms with E-state index in [1.165, 1.54) is 0 Å². The molecule has 2 rings (SSSR count). The van der Waals surface area contributed by atoms with Crippen molar-refractivity contribution in [1.82, 2.24) is 10.1 Å². The van der Waals surface area contributed by atoms with Crippen molar-refractivity contribution in [2.75, 3.05) is 13.7 Å². The van der Waals surface area contributed by atoms with E-state index in [0.29, 0.717) is 24.7 Å². The SMILES string of the molecule is COCC(N)Cc1nc(-c2ccc(Br)cc2C)no1. The molecule has 0 saturated heterocycles. The number of nitrogens with two attached hydrogens (primary N) is 1. The normalized spacial score (nSPS) is 12.6. The zero-order valence-electron chi connectivity index (χ0n) is 10.9. The third-order valence-electron chi connectivity index (χ3n) is 2.71. The van der Waals surface area contributed by atoms with Crippen molar-refractivity contribution in [2.24, 2.45) is 5.73 Å². The Hall–Kier alpha value is -1.24. The van der Waals surface area contributed by atoms with Crippen LogP contribution >= 0.6 is 15.9 Å². The van der Waals surface area contributed by atoms with Crippen LogP contribution in [-0.2, 0) is 11.2 Å². The Morgan fingerprint density at radius 1 is 1.47 bits per heavy atom. The van der Waals surface area contributed by atoms with E-state index in [0.717, 1.165) is 15.6 Å². The number of aromatic nitrogens is 2. The highest BCUT2D eigenvalue weighted by Crippen LogP contribution is 2.23. The van der Waals surface area contributed by atoms with Gasteiger partial charge in [0.25, 0.3) is 0 Å². The average Bonchev–Trinajstić information content (AvgIpc) is 2.77. The molecule has 1 aromatic heterocycles. The first-order valence-electron chi connectivity index (χ1n) is 5.93. The number of nitrogens with zero attached hydrogens (tertiary/aromatic N) is 2. The molecule has 0 radical (unpaired) electrons. The lowest BCUT2D eigenvalue weighted by atomic mass is 10.1. The lowest BCUT2D eigenvalue weighted by Crippen LogP contribution is -2.28. The van der Waals surface area contributed by atoms with Crippen LogP contribution in [0.1, 0.15) is 11.5 Å². The number of halogens is 1. The Morgan fingerprint density at radius 3 is 2.95 bits per heavy atom. The number of benzene rings is 1. The van der Waals surface area contributed by atoms with Crippen LogP contribution in [0, 0.1) is 6.92 Å². The molecule has 6 heteroatoms. The summed E-state index contributed by atoms with van der Waals surface area (Å²) in [5.41, 5.74) is 7.90. The fraction of sp³-hybridized carbons (Fsp3) is 0.385. The highest BCUT2D eigenvalue weighted by molar-refractivity contribution is 9.10. The zero-order chi connectivity index (χ0) is 13.8. The molecule has 0 bridgehead atoms. The maximum atomic E-state index is 5.85. The lowest BCUT2D eigenvalue weighted by molar-refractivity contribution is 0.176. The number of hydrogen-bond acceptors (Lipinski definition) is 5. The number of aryl methyl sites for hydroxylation is 1. The van der Waals surface area contributed by atoms with Crippen LogP contribution in [-0.4, -0.2) is 29.9 Å². The van der Waals surface area contributed by atoms with Crippen molar-refractivity contribution >= 4 is 15.9 Å². The fourth-order valence-corrected chi connectivity index (χ4v) is 2.30. The summed E-state index contributed by atoms with van der Waals surface area (Å²) < 4.78 is 11.2. The minimum absolute atomic E-state index is 0.135. The summed E-state index contributed by atoms with van der Waals surface area (Å²) in [5, 5.41) is 3.99. The van der Waals surface area contributed by atoms with Crippen molar-refractivity contribution in [3.63, 3.8) is 0 Å². The lowest BCUT2D eigenvalue weighted by Gasteiger charge is -2.05. The van der Waals surface area contributed by atoms with Gasteiger partial charge in [-0.3, -0.25) is 0 Å². The molecule has 2 N–H and O–H groups in total. The first-order valence-corrected chi connectivity index (χ1v) is 6.73. The Morgan fingerprint density at radius 2 is 2.26 bits per heavy atom. The number of ether oxygens (including phenoxy) is 1. The second-order valence-electron chi connectivity index (χ2n) is 4.39. The van der Waals surface area contributed by atoms with Crippen molar-refractivity contribution in [2.45, 2.75) is 19.4 Å². The number of methoxy groups -OCH3 is 1. The molecule has 19 heavy (non-hydrogen) atoms. The van der Waals surface area contributed by atoms with E-state index in [4.69, 9.17) is 15.0 Å². The average molecular weight is 326 g/mol. The molecule has 1 atom stereocenters. The van der Waals surface area contributed by atoms with Gasteiger partial charge >= 0.3 is 0 Å². The maximum absolute atomic E-state index is 5.85. The van der Waals surface area contributed by atoms with E-state index in [1.807, 2.05) is 25.1 Å². The van der Waals surface area contributed by atoms with Gasteiger partial charge in [0.1, 0.15) is 0 Å². The third kappa shape index (κ3) is 3.62. The summed E-state index contributed by atoms with van der Waals surface area (Å²) >= 11 is 3.43. The Bertz CT molecular complexity index is 557. The van der Waals surface area contributed by atoms with Gasteiger partial charge in [0.15, 0.2) is 0 Å². The van der Waals surface area contributed by atoms with Crippen molar-refractivity contribution in [3.05, 3.63) is 34.1 Å². The summed E-state index contributed by atoms with van der Waals surface area (Å²) in [6.45, 7) is 2.47. The molecule has 0 aliphatic heterocycles. The quantitative estimate of drug-likeness (QED) is 0.913. The minimum Gasteiger partial charge on any atom is -0.383 e. The standard InChI is InChI=1S/C13H16BrN3O2/c1-8-5-9(14)3-4-11(8)13-16-12(19-17-13)6-10(15)7-18-2/h3-5,10H,6-7,15H2,1-2H3.